The highest BCUT2D eigenvalue weighted by atomic mass is 16.7. The molecule has 0 aliphatic carbocycles. The Morgan fingerprint density at radius 2 is 1.88 bits per heavy atom. The van der Waals surface area contributed by atoms with Crippen molar-refractivity contribution in [1.29, 1.82) is 0 Å². The Labute approximate surface area is 203 Å². The molecule has 2 aromatic rings. The molecule has 5 atom stereocenters. The van der Waals surface area contributed by atoms with Crippen LogP contribution < -0.4 is 9.47 Å². The number of rotatable bonds is 8. The highest BCUT2D eigenvalue weighted by Gasteiger charge is 2.45. The minimum Gasteiger partial charge on any atom is -0.491 e. The van der Waals surface area contributed by atoms with Gasteiger partial charge in [-0.05, 0) is 52.1 Å². The summed E-state index contributed by atoms with van der Waals surface area (Å²) in [5.74, 6) is -0.658. The first-order chi connectivity index (χ1) is 19.4. The van der Waals surface area contributed by atoms with E-state index in [2.05, 4.69) is 5.10 Å². The van der Waals surface area contributed by atoms with Crippen molar-refractivity contribution in [3.8, 4) is 11.6 Å². The predicted octanol–water partition coefficient (Wildman–Crippen LogP) is 1.33. The zero-order chi connectivity index (χ0) is 32.9. The number of nitrogens with zero attached hydrogens (tertiary/aromatic N) is 2. The van der Waals surface area contributed by atoms with Crippen LogP contribution in [0.1, 0.15) is 65.5 Å². The molecule has 9 nitrogen and oxygen atoms in total. The van der Waals surface area contributed by atoms with Gasteiger partial charge in [-0.25, -0.2) is 0 Å². The molecule has 0 saturated carbocycles. The first kappa shape index (κ1) is 13.5. The maximum Gasteiger partial charge on any atom is 0.239 e. The van der Waals surface area contributed by atoms with E-state index in [0.717, 1.165) is 4.68 Å². The predicted molar refractivity (Wildman–Crippen MR) is 117 cm³/mol. The van der Waals surface area contributed by atoms with E-state index in [1.165, 1.54) is 38.1 Å². The average Bonchev–Trinajstić information content (AvgIpc) is 3.23. The molecule has 1 aromatic carbocycles. The second kappa shape index (κ2) is 10.2. The van der Waals surface area contributed by atoms with Crippen molar-refractivity contribution in [2.24, 2.45) is 0 Å². The summed E-state index contributed by atoms with van der Waals surface area (Å²) in [4.78, 5) is 0. The smallest absolute Gasteiger partial charge is 0.239 e. The van der Waals surface area contributed by atoms with Gasteiger partial charge in [0.05, 0.1) is 15.4 Å². The Bertz CT molecular complexity index is 1240. The molecule has 1 aliphatic rings. The quantitative estimate of drug-likeness (QED) is 0.464. The molecule has 0 radical (unpaired) electrons. The third-order valence-corrected chi connectivity index (χ3v) is 4.97. The molecule has 1 aliphatic heterocycles. The fourth-order valence-corrected chi connectivity index (χ4v) is 3.28. The second-order valence-corrected chi connectivity index (χ2v) is 7.56. The van der Waals surface area contributed by atoms with Crippen LogP contribution in [0.15, 0.2) is 24.3 Å². The number of hydrogen-bond donors (Lipinski definition) is 4. The minimum atomic E-state index is -3.33. The van der Waals surface area contributed by atoms with Gasteiger partial charge in [-0.3, -0.25) is 4.68 Å². The lowest BCUT2D eigenvalue weighted by Gasteiger charge is -2.39. The van der Waals surface area contributed by atoms with E-state index in [-0.39, 0.29) is 17.7 Å². The Morgan fingerprint density at radius 1 is 1.16 bits per heavy atom. The van der Waals surface area contributed by atoms with Gasteiger partial charge in [-0.2, -0.15) is 0 Å². The summed E-state index contributed by atoms with van der Waals surface area (Å²) in [6, 6.07) is 3.48. The van der Waals surface area contributed by atoms with Crippen molar-refractivity contribution < 1.29 is 49.7 Å². The largest absolute Gasteiger partial charge is 0.491 e. The summed E-state index contributed by atoms with van der Waals surface area (Å²) in [5.41, 5.74) is -0.120. The van der Waals surface area contributed by atoms with E-state index in [1.54, 1.807) is 0 Å². The number of hydrogen-bond acceptors (Lipinski definition) is 8. The van der Waals surface area contributed by atoms with Crippen LogP contribution in [0.5, 0.6) is 11.6 Å². The molecule has 32 heavy (non-hydrogen) atoms. The van der Waals surface area contributed by atoms with Crippen LogP contribution in [0, 0.1) is 6.85 Å². The third-order valence-electron chi connectivity index (χ3n) is 4.97. The molecule has 178 valence electrons. The third kappa shape index (κ3) is 5.24. The molecule has 0 bridgehead atoms. The SMILES string of the molecule is [2H]C([2H])([2H])c1c(Cc2ccc(OC([2H])(C([2H])([2H])[2H])C([2H])([2H])[2H])cc2)c(O[C@@H]2O[C@H](CO)[C@@H](O)[C@H](O)[C@H]2O)nn1C([2H])(C)C. The maximum atomic E-state index is 10.5. The monoisotopic (exact) mass is 461 g/mol. The molecule has 0 unspecified atom stereocenters. The van der Waals surface area contributed by atoms with Gasteiger partial charge in [0.2, 0.25) is 12.2 Å². The van der Waals surface area contributed by atoms with Gasteiger partial charge in [0.1, 0.15) is 30.2 Å². The van der Waals surface area contributed by atoms with E-state index in [1.807, 2.05) is 0 Å². The van der Waals surface area contributed by atoms with Gasteiger partial charge in [0, 0.05) is 36.0 Å². The molecule has 2 heterocycles. The van der Waals surface area contributed by atoms with Crippen molar-refractivity contribution in [3.63, 3.8) is 0 Å². The first-order valence-corrected chi connectivity index (χ1v) is 9.80. The lowest BCUT2D eigenvalue weighted by molar-refractivity contribution is -0.278. The van der Waals surface area contributed by atoms with Crippen molar-refractivity contribution in [1.82, 2.24) is 9.78 Å². The molecule has 1 saturated heterocycles. The van der Waals surface area contributed by atoms with Crippen molar-refractivity contribution >= 4 is 0 Å². The molecule has 9 heteroatoms. The average molecular weight is 462 g/mol. The van der Waals surface area contributed by atoms with Gasteiger partial charge in [0.25, 0.3) is 0 Å². The summed E-state index contributed by atoms with van der Waals surface area (Å²) in [7, 11) is 0. The Balaban J connectivity index is 2.05. The van der Waals surface area contributed by atoms with E-state index >= 15 is 0 Å². The van der Waals surface area contributed by atoms with Crippen LogP contribution in [0.4, 0.5) is 0 Å². The lowest BCUT2D eigenvalue weighted by atomic mass is 9.99. The summed E-state index contributed by atoms with van der Waals surface area (Å²) in [6.07, 6.45) is -11.9. The van der Waals surface area contributed by atoms with Crippen LogP contribution in [0.3, 0.4) is 0 Å². The van der Waals surface area contributed by atoms with E-state index in [9.17, 15) is 20.4 Å². The van der Waals surface area contributed by atoms with Gasteiger partial charge in [-0.15, -0.1) is 5.10 Å². The van der Waals surface area contributed by atoms with Crippen molar-refractivity contribution in [2.75, 3.05) is 6.61 Å². The number of aromatic nitrogens is 2. The van der Waals surface area contributed by atoms with E-state index in [4.69, 9.17) is 29.3 Å². The maximum absolute atomic E-state index is 10.5. The minimum absolute atomic E-state index is 0.0780. The molecule has 1 aromatic heterocycles. The molecule has 0 amide bonds. The first-order valence-electron chi connectivity index (χ1n) is 15.3. The number of aliphatic hydroxyl groups excluding tert-OH is 4. The zero-order valence-electron chi connectivity index (χ0n) is 28.5. The fourth-order valence-electron chi connectivity index (χ4n) is 3.28. The van der Waals surface area contributed by atoms with Gasteiger partial charge >= 0.3 is 0 Å². The zero-order valence-corrected chi connectivity index (χ0v) is 17.5. The Kier molecular flexibility index (Phi) is 4.30. The number of benzene rings is 1. The molecular formula is C23H34N2O7. The van der Waals surface area contributed by atoms with Crippen molar-refractivity contribution in [2.45, 2.75) is 83.6 Å². The summed E-state index contributed by atoms with van der Waals surface area (Å²) < 4.78 is 103. The van der Waals surface area contributed by atoms with Crippen LogP contribution in [0.25, 0.3) is 0 Å². The topological polar surface area (TPSA) is 126 Å². The Hall–Kier alpha value is -2.17. The summed E-state index contributed by atoms with van der Waals surface area (Å²) in [5, 5.41) is 44.4. The fraction of sp³-hybridized carbons (Fsp3) is 0.609. The molecule has 4 N–H and O–H groups in total. The molecule has 1 fully saturated rings. The lowest BCUT2D eigenvalue weighted by Crippen LogP contribution is -2.60. The highest BCUT2D eigenvalue weighted by molar-refractivity contribution is 5.38. The Morgan fingerprint density at radius 3 is 2.47 bits per heavy atom. The van der Waals surface area contributed by atoms with E-state index < -0.39 is 81.5 Å². The number of aliphatic hydroxyl groups is 4. The number of ether oxygens (including phenoxy) is 3. The van der Waals surface area contributed by atoms with Crippen LogP contribution in [-0.2, 0) is 11.2 Å². The van der Waals surface area contributed by atoms with Crippen LogP contribution >= 0.6 is 0 Å². The second-order valence-electron chi connectivity index (χ2n) is 7.56. The highest BCUT2D eigenvalue weighted by Crippen LogP contribution is 2.31. The van der Waals surface area contributed by atoms with E-state index in [0.29, 0.717) is 5.56 Å². The van der Waals surface area contributed by atoms with Gasteiger partial charge in [-0.1, -0.05) is 12.1 Å². The van der Waals surface area contributed by atoms with Crippen molar-refractivity contribution in [3.05, 3.63) is 41.1 Å². The standard InChI is InChI=1S/C23H34N2O7/c1-12(2)25-14(5)17(10-15-6-8-16(9-7-15)30-13(3)4)22(24-25)32-23-21(29)20(28)19(27)18(11-26)31-23/h6-9,12-13,18-21,23,26-29H,10-11H2,1-5H3/t18-,19-,20+,21-,23+/m1/s1/i3D3,4D3,5D3,12D,13D. The molecular weight excluding hydrogens is 416 g/mol. The van der Waals surface area contributed by atoms with Crippen LogP contribution in [0.2, 0.25) is 0 Å². The van der Waals surface area contributed by atoms with Gasteiger partial charge < -0.3 is 34.6 Å². The summed E-state index contributed by atoms with van der Waals surface area (Å²) in [6.45, 7) is -7.52. The molecule has 3 rings (SSSR count). The molecule has 0 spiro atoms. The summed E-state index contributed by atoms with van der Waals surface area (Å²) >= 11 is 0. The van der Waals surface area contributed by atoms with Gasteiger partial charge in [0.15, 0.2) is 0 Å². The van der Waals surface area contributed by atoms with Crippen LogP contribution in [-0.4, -0.2) is 73.6 Å². The normalized spacial score (nSPS) is 32.9.